The third-order valence-electron chi connectivity index (χ3n) is 6.78. The van der Waals surface area contributed by atoms with Gasteiger partial charge in [-0.25, -0.2) is 0 Å². The number of hydrogen-bond acceptors (Lipinski definition) is 3. The quantitative estimate of drug-likeness (QED) is 0.780. The molecule has 0 radical (unpaired) electrons. The average molecular weight is 399 g/mol. The van der Waals surface area contributed by atoms with Crippen molar-refractivity contribution in [2.24, 2.45) is 5.92 Å². The van der Waals surface area contributed by atoms with Crippen molar-refractivity contribution in [1.29, 1.82) is 0 Å². The van der Waals surface area contributed by atoms with Gasteiger partial charge in [-0.15, -0.1) is 0 Å². The molecule has 2 aliphatic rings. The summed E-state index contributed by atoms with van der Waals surface area (Å²) in [6, 6.07) is 6.46. The van der Waals surface area contributed by atoms with Crippen LogP contribution in [-0.2, 0) is 4.79 Å². The Kier molecular flexibility index (Phi) is 5.52. The van der Waals surface area contributed by atoms with Crippen molar-refractivity contribution < 1.29 is 19.4 Å². The molecule has 2 fully saturated rings. The van der Waals surface area contributed by atoms with Gasteiger partial charge in [-0.3, -0.25) is 9.59 Å². The van der Waals surface area contributed by atoms with E-state index >= 15 is 0 Å². The highest BCUT2D eigenvalue weighted by molar-refractivity contribution is 6.09. The Morgan fingerprint density at radius 2 is 1.79 bits per heavy atom. The molecule has 0 spiro atoms. The second-order valence-electron chi connectivity index (χ2n) is 8.51. The molecule has 1 aromatic carbocycles. The minimum Gasteiger partial charge on any atom is -0.497 e. The summed E-state index contributed by atoms with van der Waals surface area (Å²) in [4.78, 5) is 24.5. The zero-order valence-electron chi connectivity index (χ0n) is 17.2. The first kappa shape index (κ1) is 19.8. The maximum Gasteiger partial charge on any atom is 0.306 e. The predicted molar refractivity (Wildman–Crippen MR) is 112 cm³/mol. The first-order valence-electron chi connectivity index (χ1n) is 10.7. The van der Waals surface area contributed by atoms with Gasteiger partial charge in [-0.1, -0.05) is 12.8 Å². The zero-order valence-corrected chi connectivity index (χ0v) is 17.2. The van der Waals surface area contributed by atoms with Crippen molar-refractivity contribution in [2.75, 3.05) is 7.11 Å². The fraction of sp³-hybridized carbons (Fsp3) is 0.565. The third kappa shape index (κ3) is 3.72. The van der Waals surface area contributed by atoms with Gasteiger partial charge in [0.25, 0.3) is 5.91 Å². The van der Waals surface area contributed by atoms with Crippen molar-refractivity contribution >= 4 is 22.8 Å². The molecule has 6 heteroatoms. The number of aliphatic carboxylic acids is 1. The standard InChI is InChI=1S/C23H30N2O4/c1-14-21(22(26)24-16-9-7-15(8-10-16)23(27)28)19-13-18(29-2)11-12-20(19)25(14)17-5-3-4-6-17/h11-13,15-17H,3-10H2,1-2H3,(H,24,26)(H,27,28). The number of rotatable bonds is 5. The minimum atomic E-state index is -0.725. The van der Waals surface area contributed by atoms with Gasteiger partial charge in [-0.05, 0) is 63.6 Å². The number of carboxylic acids is 1. The third-order valence-corrected chi connectivity index (χ3v) is 6.78. The maximum atomic E-state index is 13.3. The highest BCUT2D eigenvalue weighted by atomic mass is 16.5. The fourth-order valence-corrected chi connectivity index (χ4v) is 5.21. The van der Waals surface area contributed by atoms with Crippen LogP contribution in [0.3, 0.4) is 0 Å². The summed E-state index contributed by atoms with van der Waals surface area (Å²) in [6.07, 6.45) is 7.43. The highest BCUT2D eigenvalue weighted by Crippen LogP contribution is 2.38. The number of methoxy groups -OCH3 is 1. The van der Waals surface area contributed by atoms with Crippen LogP contribution in [0.15, 0.2) is 18.2 Å². The summed E-state index contributed by atoms with van der Waals surface area (Å²) >= 11 is 0. The molecule has 1 aromatic heterocycles. The molecular formula is C23H30N2O4. The zero-order chi connectivity index (χ0) is 20.5. The number of nitrogens with zero attached hydrogens (tertiary/aromatic N) is 1. The molecule has 4 rings (SSSR count). The number of benzene rings is 1. The summed E-state index contributed by atoms with van der Waals surface area (Å²) in [5.74, 6) is -0.316. The van der Waals surface area contributed by atoms with E-state index in [9.17, 15) is 14.7 Å². The van der Waals surface area contributed by atoms with E-state index in [0.29, 0.717) is 31.7 Å². The largest absolute Gasteiger partial charge is 0.497 e. The Bertz CT molecular complexity index is 919. The number of hydrogen-bond donors (Lipinski definition) is 2. The molecule has 2 aliphatic carbocycles. The van der Waals surface area contributed by atoms with Gasteiger partial charge in [0.05, 0.1) is 18.6 Å². The Labute approximate surface area is 171 Å². The predicted octanol–water partition coefficient (Wildman–Crippen LogP) is 4.45. The van der Waals surface area contributed by atoms with Gasteiger partial charge in [0, 0.05) is 28.7 Å². The number of carboxylic acid groups (broad SMARTS) is 1. The number of nitrogens with one attached hydrogen (secondary N) is 1. The summed E-state index contributed by atoms with van der Waals surface area (Å²) in [6.45, 7) is 2.04. The van der Waals surface area contributed by atoms with Gasteiger partial charge >= 0.3 is 5.97 Å². The molecule has 29 heavy (non-hydrogen) atoms. The molecule has 2 N–H and O–H groups in total. The maximum absolute atomic E-state index is 13.3. The van der Waals surface area contributed by atoms with E-state index in [0.717, 1.165) is 40.8 Å². The highest BCUT2D eigenvalue weighted by Gasteiger charge is 2.30. The number of fused-ring (bicyclic) bond motifs is 1. The lowest BCUT2D eigenvalue weighted by atomic mass is 9.86. The molecule has 0 aliphatic heterocycles. The first-order valence-corrected chi connectivity index (χ1v) is 10.7. The summed E-state index contributed by atoms with van der Waals surface area (Å²) in [5, 5.41) is 13.3. The molecule has 2 saturated carbocycles. The van der Waals surface area contributed by atoms with Crippen molar-refractivity contribution in [3.63, 3.8) is 0 Å². The van der Waals surface area contributed by atoms with Gasteiger partial charge in [0.2, 0.25) is 0 Å². The Morgan fingerprint density at radius 1 is 1.10 bits per heavy atom. The molecule has 156 valence electrons. The van der Waals surface area contributed by atoms with Crippen LogP contribution in [0.4, 0.5) is 0 Å². The van der Waals surface area contributed by atoms with Crippen LogP contribution < -0.4 is 10.1 Å². The SMILES string of the molecule is COc1ccc2c(c1)c(C(=O)NC1CCC(C(=O)O)CC1)c(C)n2C1CCCC1. The van der Waals surface area contributed by atoms with Crippen LogP contribution in [0.25, 0.3) is 10.9 Å². The number of ether oxygens (including phenoxy) is 1. The van der Waals surface area contributed by atoms with E-state index < -0.39 is 5.97 Å². The van der Waals surface area contributed by atoms with E-state index in [1.807, 2.05) is 19.1 Å². The molecule has 1 heterocycles. The molecule has 1 amide bonds. The Morgan fingerprint density at radius 3 is 2.41 bits per heavy atom. The smallest absolute Gasteiger partial charge is 0.306 e. The van der Waals surface area contributed by atoms with Gasteiger partial charge in [0.1, 0.15) is 5.75 Å². The topological polar surface area (TPSA) is 80.6 Å². The van der Waals surface area contributed by atoms with Crippen LogP contribution in [-0.4, -0.2) is 34.7 Å². The van der Waals surface area contributed by atoms with Crippen LogP contribution in [0.5, 0.6) is 5.75 Å². The molecule has 0 saturated heterocycles. The molecule has 0 unspecified atom stereocenters. The van der Waals surface area contributed by atoms with Gasteiger partial charge in [0.15, 0.2) is 0 Å². The molecule has 0 atom stereocenters. The number of amides is 1. The van der Waals surface area contributed by atoms with Crippen molar-refractivity contribution in [3.8, 4) is 5.75 Å². The normalized spacial score (nSPS) is 22.7. The second-order valence-corrected chi connectivity index (χ2v) is 8.51. The summed E-state index contributed by atoms with van der Waals surface area (Å²) in [5.41, 5.74) is 2.83. The van der Waals surface area contributed by atoms with E-state index in [1.54, 1.807) is 7.11 Å². The van der Waals surface area contributed by atoms with E-state index in [-0.39, 0.29) is 17.9 Å². The molecule has 2 aromatic rings. The Balaban J connectivity index is 1.64. The van der Waals surface area contributed by atoms with E-state index in [4.69, 9.17) is 4.74 Å². The number of carbonyl (C=O) groups is 2. The van der Waals surface area contributed by atoms with Crippen molar-refractivity contribution in [2.45, 2.75) is 70.4 Å². The lowest BCUT2D eigenvalue weighted by molar-refractivity contribution is -0.142. The summed E-state index contributed by atoms with van der Waals surface area (Å²) < 4.78 is 7.76. The number of carbonyl (C=O) groups excluding carboxylic acids is 1. The average Bonchev–Trinajstić information content (AvgIpc) is 3.32. The minimum absolute atomic E-state index is 0.0352. The van der Waals surface area contributed by atoms with Gasteiger partial charge < -0.3 is 19.7 Å². The fourth-order valence-electron chi connectivity index (χ4n) is 5.21. The van der Waals surface area contributed by atoms with Crippen LogP contribution in [0.2, 0.25) is 0 Å². The number of aromatic nitrogens is 1. The van der Waals surface area contributed by atoms with Gasteiger partial charge in [-0.2, -0.15) is 0 Å². The first-order chi connectivity index (χ1) is 14.0. The monoisotopic (exact) mass is 398 g/mol. The van der Waals surface area contributed by atoms with Crippen LogP contribution in [0.1, 0.15) is 73.5 Å². The Hall–Kier alpha value is -2.50. The lowest BCUT2D eigenvalue weighted by Gasteiger charge is -2.27. The van der Waals surface area contributed by atoms with E-state index in [1.165, 1.54) is 12.8 Å². The van der Waals surface area contributed by atoms with Crippen LogP contribution in [0, 0.1) is 12.8 Å². The summed E-state index contributed by atoms with van der Waals surface area (Å²) in [7, 11) is 1.64. The van der Waals surface area contributed by atoms with Crippen LogP contribution >= 0.6 is 0 Å². The van der Waals surface area contributed by atoms with Crippen molar-refractivity contribution in [3.05, 3.63) is 29.5 Å². The van der Waals surface area contributed by atoms with Crippen molar-refractivity contribution in [1.82, 2.24) is 9.88 Å². The molecule has 0 bridgehead atoms. The lowest BCUT2D eigenvalue weighted by Crippen LogP contribution is -2.39. The van der Waals surface area contributed by atoms with E-state index in [2.05, 4.69) is 16.0 Å². The second kappa shape index (κ2) is 8.09. The molecular weight excluding hydrogens is 368 g/mol. The molecule has 6 nitrogen and oxygen atoms in total.